The van der Waals surface area contributed by atoms with Crippen LogP contribution in [0.5, 0.6) is 0 Å². The number of carbonyl (C=O) groups excluding carboxylic acids is 1. The van der Waals surface area contributed by atoms with E-state index in [1.807, 2.05) is 4.90 Å². The van der Waals surface area contributed by atoms with Gasteiger partial charge in [-0.05, 0) is 24.2 Å². The quantitative estimate of drug-likeness (QED) is 0.666. The van der Waals surface area contributed by atoms with Crippen LogP contribution in [-0.2, 0) is 4.79 Å². The molecule has 1 atom stereocenters. The lowest BCUT2D eigenvalue weighted by atomic mass is 9.75. The summed E-state index contributed by atoms with van der Waals surface area (Å²) in [6.07, 6.45) is 3.00. The van der Waals surface area contributed by atoms with E-state index in [0.717, 1.165) is 25.9 Å². The molecule has 1 heterocycles. The van der Waals surface area contributed by atoms with E-state index in [-0.39, 0.29) is 5.41 Å². The lowest BCUT2D eigenvalue weighted by molar-refractivity contribution is -0.136. The van der Waals surface area contributed by atoms with Crippen molar-refractivity contribution in [2.75, 3.05) is 13.1 Å². The Kier molecular flexibility index (Phi) is 3.57. The number of hydrogen-bond donors (Lipinski definition) is 0. The van der Waals surface area contributed by atoms with E-state index in [9.17, 15) is 4.79 Å². The van der Waals surface area contributed by atoms with Crippen LogP contribution in [0.15, 0.2) is 0 Å². The van der Waals surface area contributed by atoms with Gasteiger partial charge in [0.15, 0.2) is 0 Å². The molecule has 1 amide bonds. The molecule has 0 saturated carbocycles. The molecule has 1 rings (SSSR count). The topological polar surface area (TPSA) is 20.3 Å². The summed E-state index contributed by atoms with van der Waals surface area (Å²) in [4.78, 5) is 13.8. The molecule has 2 nitrogen and oxygen atoms in total. The molecule has 2 heteroatoms. The van der Waals surface area contributed by atoms with Gasteiger partial charge in [-0.1, -0.05) is 27.7 Å². The SMILES string of the molecule is CCCN1CCC(C(C)(C)C)CC1=O. The molecule has 0 aromatic rings. The molecule has 1 unspecified atom stereocenters. The molecule has 0 spiro atoms. The highest BCUT2D eigenvalue weighted by Gasteiger charge is 2.32. The predicted octanol–water partition coefficient (Wildman–Crippen LogP) is 2.68. The van der Waals surface area contributed by atoms with Gasteiger partial charge in [0.1, 0.15) is 0 Å². The third-order valence-corrected chi connectivity index (χ3v) is 3.24. The Morgan fingerprint density at radius 2 is 2.07 bits per heavy atom. The van der Waals surface area contributed by atoms with Crippen molar-refractivity contribution in [2.45, 2.75) is 47.0 Å². The van der Waals surface area contributed by atoms with E-state index in [4.69, 9.17) is 0 Å². The zero-order valence-electron chi connectivity index (χ0n) is 9.97. The van der Waals surface area contributed by atoms with Crippen molar-refractivity contribution in [3.63, 3.8) is 0 Å². The van der Waals surface area contributed by atoms with Crippen LogP contribution in [0.1, 0.15) is 47.0 Å². The molecule has 0 aliphatic carbocycles. The molecule has 82 valence electrons. The fourth-order valence-electron chi connectivity index (χ4n) is 2.12. The minimum atomic E-state index is 0.286. The van der Waals surface area contributed by atoms with E-state index in [1.54, 1.807) is 0 Å². The second kappa shape index (κ2) is 4.33. The monoisotopic (exact) mass is 197 g/mol. The molecule has 1 aliphatic heterocycles. The Hall–Kier alpha value is -0.530. The molecule has 0 aromatic heterocycles. The minimum Gasteiger partial charge on any atom is -0.343 e. The van der Waals surface area contributed by atoms with Gasteiger partial charge in [0.25, 0.3) is 0 Å². The molecular formula is C12H23NO. The Morgan fingerprint density at radius 3 is 2.50 bits per heavy atom. The summed E-state index contributed by atoms with van der Waals surface area (Å²) in [6.45, 7) is 10.7. The number of piperidine rings is 1. The van der Waals surface area contributed by atoms with Crippen molar-refractivity contribution in [3.05, 3.63) is 0 Å². The molecule has 0 N–H and O–H groups in total. The van der Waals surface area contributed by atoms with Gasteiger partial charge in [0.2, 0.25) is 5.91 Å². The Balaban J connectivity index is 2.51. The Morgan fingerprint density at radius 1 is 1.43 bits per heavy atom. The van der Waals surface area contributed by atoms with Crippen LogP contribution in [0.3, 0.4) is 0 Å². The summed E-state index contributed by atoms with van der Waals surface area (Å²) in [5.74, 6) is 0.932. The first-order valence-corrected chi connectivity index (χ1v) is 5.73. The molecule has 14 heavy (non-hydrogen) atoms. The van der Waals surface area contributed by atoms with E-state index >= 15 is 0 Å². The van der Waals surface area contributed by atoms with Crippen LogP contribution in [0.2, 0.25) is 0 Å². The zero-order valence-corrected chi connectivity index (χ0v) is 9.97. The first-order valence-electron chi connectivity index (χ1n) is 5.73. The molecule has 0 aromatic carbocycles. The van der Waals surface area contributed by atoms with Crippen LogP contribution in [0.4, 0.5) is 0 Å². The maximum Gasteiger partial charge on any atom is 0.222 e. The van der Waals surface area contributed by atoms with Gasteiger partial charge in [0.05, 0.1) is 0 Å². The van der Waals surface area contributed by atoms with Gasteiger partial charge in [-0.3, -0.25) is 4.79 Å². The minimum absolute atomic E-state index is 0.286. The van der Waals surface area contributed by atoms with E-state index in [1.165, 1.54) is 6.42 Å². The Labute approximate surface area is 87.7 Å². The lowest BCUT2D eigenvalue weighted by Crippen LogP contribution is -2.42. The first-order chi connectivity index (χ1) is 6.45. The fraction of sp³-hybridized carbons (Fsp3) is 0.917. The van der Waals surface area contributed by atoms with Crippen molar-refractivity contribution < 1.29 is 4.79 Å². The molecule has 1 fully saturated rings. The van der Waals surface area contributed by atoms with E-state index in [0.29, 0.717) is 11.8 Å². The van der Waals surface area contributed by atoms with Crippen LogP contribution in [0.25, 0.3) is 0 Å². The molecule has 0 radical (unpaired) electrons. The van der Waals surface area contributed by atoms with Crippen molar-refractivity contribution >= 4 is 5.91 Å². The van der Waals surface area contributed by atoms with Gasteiger partial charge in [-0.25, -0.2) is 0 Å². The maximum absolute atomic E-state index is 11.8. The van der Waals surface area contributed by atoms with E-state index in [2.05, 4.69) is 27.7 Å². The zero-order chi connectivity index (χ0) is 10.8. The average molecular weight is 197 g/mol. The van der Waals surface area contributed by atoms with Crippen LogP contribution in [0, 0.1) is 11.3 Å². The van der Waals surface area contributed by atoms with E-state index < -0.39 is 0 Å². The fourth-order valence-corrected chi connectivity index (χ4v) is 2.12. The lowest BCUT2D eigenvalue weighted by Gasteiger charge is -2.38. The molecule has 0 bridgehead atoms. The molecular weight excluding hydrogens is 174 g/mol. The summed E-state index contributed by atoms with van der Waals surface area (Å²) in [5, 5.41) is 0. The highest BCUT2D eigenvalue weighted by Crippen LogP contribution is 2.34. The van der Waals surface area contributed by atoms with Gasteiger partial charge in [-0.2, -0.15) is 0 Å². The van der Waals surface area contributed by atoms with Crippen molar-refractivity contribution in [3.8, 4) is 0 Å². The van der Waals surface area contributed by atoms with Crippen LogP contribution < -0.4 is 0 Å². The summed E-state index contributed by atoms with van der Waals surface area (Å²) in [7, 11) is 0. The highest BCUT2D eigenvalue weighted by molar-refractivity contribution is 5.77. The Bertz CT molecular complexity index is 205. The number of nitrogens with zero attached hydrogens (tertiary/aromatic N) is 1. The third-order valence-electron chi connectivity index (χ3n) is 3.24. The number of rotatable bonds is 2. The van der Waals surface area contributed by atoms with Gasteiger partial charge < -0.3 is 4.90 Å². The summed E-state index contributed by atoms with van der Waals surface area (Å²) < 4.78 is 0. The smallest absolute Gasteiger partial charge is 0.222 e. The van der Waals surface area contributed by atoms with Crippen LogP contribution >= 0.6 is 0 Å². The molecule has 1 aliphatic rings. The number of carbonyl (C=O) groups is 1. The number of likely N-dealkylation sites (tertiary alicyclic amines) is 1. The largest absolute Gasteiger partial charge is 0.343 e. The summed E-state index contributed by atoms with van der Waals surface area (Å²) in [5.41, 5.74) is 0.286. The maximum atomic E-state index is 11.8. The number of amides is 1. The van der Waals surface area contributed by atoms with Crippen LogP contribution in [-0.4, -0.2) is 23.9 Å². The second-order valence-corrected chi connectivity index (χ2v) is 5.44. The summed E-state index contributed by atoms with van der Waals surface area (Å²) in [6, 6.07) is 0. The normalized spacial score (nSPS) is 24.1. The average Bonchev–Trinajstić information content (AvgIpc) is 2.07. The summed E-state index contributed by atoms with van der Waals surface area (Å²) >= 11 is 0. The predicted molar refractivity (Wildman–Crippen MR) is 59.1 cm³/mol. The first kappa shape index (κ1) is 11.5. The third kappa shape index (κ3) is 2.73. The number of hydrogen-bond acceptors (Lipinski definition) is 1. The second-order valence-electron chi connectivity index (χ2n) is 5.44. The van der Waals surface area contributed by atoms with Gasteiger partial charge in [0, 0.05) is 19.5 Å². The van der Waals surface area contributed by atoms with Crippen molar-refractivity contribution in [2.24, 2.45) is 11.3 Å². The van der Waals surface area contributed by atoms with Crippen molar-refractivity contribution in [1.82, 2.24) is 4.90 Å². The van der Waals surface area contributed by atoms with Gasteiger partial charge in [-0.15, -0.1) is 0 Å². The highest BCUT2D eigenvalue weighted by atomic mass is 16.2. The standard InChI is InChI=1S/C12H23NO/c1-5-7-13-8-6-10(9-11(13)14)12(2,3)4/h10H,5-9H2,1-4H3. The molecule has 1 saturated heterocycles. The van der Waals surface area contributed by atoms with Crippen molar-refractivity contribution in [1.29, 1.82) is 0 Å². The van der Waals surface area contributed by atoms with Gasteiger partial charge >= 0.3 is 0 Å².